The van der Waals surface area contributed by atoms with Crippen LogP contribution in [0.5, 0.6) is 0 Å². The van der Waals surface area contributed by atoms with Gasteiger partial charge in [0, 0.05) is 13.1 Å². The third-order valence-electron chi connectivity index (χ3n) is 3.44. The number of halogens is 1. The first kappa shape index (κ1) is 14.4. The molecule has 0 saturated carbocycles. The summed E-state index contributed by atoms with van der Waals surface area (Å²) < 4.78 is 3.31. The van der Waals surface area contributed by atoms with Crippen molar-refractivity contribution in [1.29, 1.82) is 0 Å². The molecular weight excluding hydrogens is 310 g/mol. The predicted octanol–water partition coefficient (Wildman–Crippen LogP) is 3.07. The zero-order chi connectivity index (χ0) is 13.0. The number of rotatable bonds is 6. The van der Waals surface area contributed by atoms with Crippen LogP contribution >= 0.6 is 27.7 Å². The molecule has 18 heavy (non-hydrogen) atoms. The van der Waals surface area contributed by atoms with E-state index in [1.807, 2.05) is 0 Å². The molecule has 0 aromatic carbocycles. The van der Waals surface area contributed by atoms with E-state index in [-0.39, 0.29) is 0 Å². The first-order valence-electron chi connectivity index (χ1n) is 6.78. The van der Waals surface area contributed by atoms with Crippen LogP contribution in [0.15, 0.2) is 4.47 Å². The molecule has 0 aliphatic carbocycles. The SMILES string of the molecule is CCc1nn(CC)c(CNCC2CCSC2)c1Br. The Hall–Kier alpha value is -0.000000000000000111. The highest BCUT2D eigenvalue weighted by Crippen LogP contribution is 2.24. The lowest BCUT2D eigenvalue weighted by Gasteiger charge is -2.11. The summed E-state index contributed by atoms with van der Waals surface area (Å²) in [5.41, 5.74) is 2.46. The second-order valence-electron chi connectivity index (χ2n) is 4.74. The molecule has 5 heteroatoms. The summed E-state index contributed by atoms with van der Waals surface area (Å²) in [5.74, 6) is 3.52. The Kier molecular flexibility index (Phi) is 5.57. The Bertz CT molecular complexity index is 386. The van der Waals surface area contributed by atoms with Crippen LogP contribution < -0.4 is 5.32 Å². The van der Waals surface area contributed by atoms with E-state index >= 15 is 0 Å². The van der Waals surface area contributed by atoms with Crippen molar-refractivity contribution >= 4 is 27.7 Å². The zero-order valence-corrected chi connectivity index (χ0v) is 13.6. The highest BCUT2D eigenvalue weighted by Gasteiger charge is 2.17. The Morgan fingerprint density at radius 1 is 1.50 bits per heavy atom. The first-order valence-corrected chi connectivity index (χ1v) is 8.73. The summed E-state index contributed by atoms with van der Waals surface area (Å²) in [6, 6.07) is 0. The molecule has 0 bridgehead atoms. The van der Waals surface area contributed by atoms with E-state index in [4.69, 9.17) is 0 Å². The van der Waals surface area contributed by atoms with Crippen molar-refractivity contribution in [2.45, 2.75) is 39.8 Å². The summed E-state index contributed by atoms with van der Waals surface area (Å²) in [7, 11) is 0. The van der Waals surface area contributed by atoms with Crippen LogP contribution in [-0.2, 0) is 19.5 Å². The fraction of sp³-hybridized carbons (Fsp3) is 0.769. The lowest BCUT2D eigenvalue weighted by molar-refractivity contribution is 0.504. The topological polar surface area (TPSA) is 29.9 Å². The van der Waals surface area contributed by atoms with Crippen LogP contribution in [0.3, 0.4) is 0 Å². The van der Waals surface area contributed by atoms with Crippen molar-refractivity contribution in [2.75, 3.05) is 18.1 Å². The van der Waals surface area contributed by atoms with Crippen LogP contribution in [0.1, 0.15) is 31.7 Å². The number of nitrogens with zero attached hydrogens (tertiary/aromatic N) is 2. The van der Waals surface area contributed by atoms with Crippen LogP contribution in [-0.4, -0.2) is 27.8 Å². The summed E-state index contributed by atoms with van der Waals surface area (Å²) in [6.45, 7) is 7.29. The molecule has 1 aliphatic rings. The molecule has 102 valence electrons. The van der Waals surface area contributed by atoms with Crippen molar-refractivity contribution in [3.05, 3.63) is 15.9 Å². The smallest absolute Gasteiger partial charge is 0.0767 e. The van der Waals surface area contributed by atoms with E-state index in [0.717, 1.165) is 32.0 Å². The summed E-state index contributed by atoms with van der Waals surface area (Å²) in [6.07, 6.45) is 2.35. The molecule has 0 spiro atoms. The Balaban J connectivity index is 1.92. The van der Waals surface area contributed by atoms with Gasteiger partial charge in [0.05, 0.1) is 15.9 Å². The minimum absolute atomic E-state index is 0.859. The Morgan fingerprint density at radius 2 is 2.33 bits per heavy atom. The standard InChI is InChI=1S/C13H22BrN3S/c1-3-11-13(14)12(17(4-2)16-11)8-15-7-10-5-6-18-9-10/h10,15H,3-9H2,1-2H3. The minimum atomic E-state index is 0.859. The van der Waals surface area contributed by atoms with Crippen LogP contribution in [0.25, 0.3) is 0 Å². The second-order valence-corrected chi connectivity index (χ2v) is 6.68. The molecule has 2 rings (SSSR count). The molecule has 1 aromatic heterocycles. The van der Waals surface area contributed by atoms with Crippen LogP contribution in [0, 0.1) is 5.92 Å². The lowest BCUT2D eigenvalue weighted by Crippen LogP contribution is -2.23. The molecule has 3 nitrogen and oxygen atoms in total. The normalized spacial score (nSPS) is 19.6. The second kappa shape index (κ2) is 6.96. The Morgan fingerprint density at radius 3 is 2.94 bits per heavy atom. The molecular formula is C13H22BrN3S. The van der Waals surface area contributed by atoms with E-state index in [0.29, 0.717) is 0 Å². The molecule has 1 N–H and O–H groups in total. The van der Waals surface area contributed by atoms with Crippen molar-refractivity contribution in [3.63, 3.8) is 0 Å². The number of aryl methyl sites for hydroxylation is 2. The molecule has 1 unspecified atom stereocenters. The van der Waals surface area contributed by atoms with Crippen molar-refractivity contribution in [1.82, 2.24) is 15.1 Å². The zero-order valence-electron chi connectivity index (χ0n) is 11.2. The molecule has 1 aliphatic heterocycles. The van der Waals surface area contributed by atoms with Crippen LogP contribution in [0.4, 0.5) is 0 Å². The lowest BCUT2D eigenvalue weighted by atomic mass is 10.1. The number of thioether (sulfide) groups is 1. The van der Waals surface area contributed by atoms with Gasteiger partial charge in [-0.15, -0.1) is 0 Å². The Labute approximate surface area is 122 Å². The third-order valence-corrected chi connectivity index (χ3v) is 5.59. The maximum atomic E-state index is 4.62. The minimum Gasteiger partial charge on any atom is -0.311 e. The summed E-state index contributed by atoms with van der Waals surface area (Å²) in [5, 5.41) is 8.22. The number of aromatic nitrogens is 2. The van der Waals surface area contributed by atoms with Gasteiger partial charge in [0.25, 0.3) is 0 Å². The van der Waals surface area contributed by atoms with Crippen LogP contribution in [0.2, 0.25) is 0 Å². The van der Waals surface area contributed by atoms with Gasteiger partial charge in [-0.1, -0.05) is 6.92 Å². The van der Waals surface area contributed by atoms with Gasteiger partial charge in [0.1, 0.15) is 0 Å². The first-order chi connectivity index (χ1) is 8.76. The number of hydrogen-bond donors (Lipinski definition) is 1. The average molecular weight is 332 g/mol. The van der Waals surface area contributed by atoms with E-state index < -0.39 is 0 Å². The van der Waals surface area contributed by atoms with E-state index in [9.17, 15) is 0 Å². The van der Waals surface area contributed by atoms with Gasteiger partial charge >= 0.3 is 0 Å². The monoisotopic (exact) mass is 331 g/mol. The number of nitrogens with one attached hydrogen (secondary N) is 1. The van der Waals surface area contributed by atoms with E-state index in [1.165, 1.54) is 33.8 Å². The predicted molar refractivity (Wildman–Crippen MR) is 82.1 cm³/mol. The average Bonchev–Trinajstić information content (AvgIpc) is 2.99. The number of hydrogen-bond acceptors (Lipinski definition) is 3. The fourth-order valence-corrected chi connectivity index (χ4v) is 4.31. The summed E-state index contributed by atoms with van der Waals surface area (Å²) >= 11 is 5.77. The van der Waals surface area contributed by atoms with Gasteiger partial charge in [-0.25, -0.2) is 0 Å². The largest absolute Gasteiger partial charge is 0.311 e. The molecule has 0 amide bonds. The quantitative estimate of drug-likeness (QED) is 0.868. The molecule has 1 aromatic rings. The van der Waals surface area contributed by atoms with Gasteiger partial charge < -0.3 is 5.32 Å². The van der Waals surface area contributed by atoms with Gasteiger partial charge in [0.15, 0.2) is 0 Å². The van der Waals surface area contributed by atoms with Crippen molar-refractivity contribution in [2.24, 2.45) is 5.92 Å². The summed E-state index contributed by atoms with van der Waals surface area (Å²) in [4.78, 5) is 0. The molecule has 1 saturated heterocycles. The molecule has 2 heterocycles. The molecule has 0 radical (unpaired) electrons. The van der Waals surface area contributed by atoms with Gasteiger partial charge in [-0.3, -0.25) is 4.68 Å². The fourth-order valence-electron chi connectivity index (χ4n) is 2.33. The third kappa shape index (κ3) is 3.31. The molecule has 1 fully saturated rings. The van der Waals surface area contributed by atoms with Gasteiger partial charge in [0.2, 0.25) is 0 Å². The van der Waals surface area contributed by atoms with Gasteiger partial charge in [-0.2, -0.15) is 16.9 Å². The highest BCUT2D eigenvalue weighted by molar-refractivity contribution is 9.10. The highest BCUT2D eigenvalue weighted by atomic mass is 79.9. The van der Waals surface area contributed by atoms with Gasteiger partial charge in [-0.05, 0) is 59.7 Å². The van der Waals surface area contributed by atoms with Crippen molar-refractivity contribution in [3.8, 4) is 0 Å². The maximum absolute atomic E-state index is 4.62. The van der Waals surface area contributed by atoms with E-state index in [2.05, 4.69) is 56.6 Å². The van der Waals surface area contributed by atoms with E-state index in [1.54, 1.807) is 0 Å². The maximum Gasteiger partial charge on any atom is 0.0767 e. The van der Waals surface area contributed by atoms with Crippen molar-refractivity contribution < 1.29 is 0 Å². The molecule has 1 atom stereocenters.